The van der Waals surface area contributed by atoms with Crippen molar-refractivity contribution in [3.63, 3.8) is 0 Å². The van der Waals surface area contributed by atoms with Gasteiger partial charge in [-0.25, -0.2) is 4.98 Å². The minimum atomic E-state index is -0.149. The van der Waals surface area contributed by atoms with Crippen molar-refractivity contribution in [2.75, 3.05) is 5.32 Å². The Balaban J connectivity index is 2.05. The van der Waals surface area contributed by atoms with Gasteiger partial charge in [-0.3, -0.25) is 4.79 Å². The van der Waals surface area contributed by atoms with Crippen LogP contribution in [0.5, 0.6) is 0 Å². The molecular formula is C12H16N4OS. The second-order valence-corrected chi connectivity index (χ2v) is 5.11. The van der Waals surface area contributed by atoms with Crippen molar-refractivity contribution in [1.29, 1.82) is 0 Å². The number of unbranched alkanes of at least 4 members (excludes halogenated alkanes) is 1. The van der Waals surface area contributed by atoms with Crippen molar-refractivity contribution >= 4 is 21.4 Å². The molecule has 0 amide bonds. The highest BCUT2D eigenvalue weighted by Gasteiger charge is 2.08. The van der Waals surface area contributed by atoms with Crippen LogP contribution in [-0.2, 0) is 0 Å². The first kappa shape index (κ1) is 12.8. The van der Waals surface area contributed by atoms with Crippen molar-refractivity contribution in [2.24, 2.45) is 0 Å². The quantitative estimate of drug-likeness (QED) is 0.642. The van der Waals surface area contributed by atoms with E-state index in [0.717, 1.165) is 24.4 Å². The maximum absolute atomic E-state index is 11.5. The molecule has 0 aliphatic carbocycles. The zero-order chi connectivity index (χ0) is 13.0. The molecule has 0 aliphatic rings. The van der Waals surface area contributed by atoms with Gasteiger partial charge in [-0.15, -0.1) is 11.7 Å². The van der Waals surface area contributed by atoms with Gasteiger partial charge in [0.15, 0.2) is 0 Å². The SMILES string of the molecule is C=CCCCC(C)Nc1nn2c(=O)ccnc2s1. The van der Waals surface area contributed by atoms with Crippen molar-refractivity contribution in [2.45, 2.75) is 32.2 Å². The zero-order valence-electron chi connectivity index (χ0n) is 10.3. The summed E-state index contributed by atoms with van der Waals surface area (Å²) in [4.78, 5) is 16.2. The van der Waals surface area contributed by atoms with Crippen molar-refractivity contribution in [3.05, 3.63) is 35.3 Å². The van der Waals surface area contributed by atoms with E-state index in [1.165, 1.54) is 28.1 Å². The number of rotatable bonds is 6. The van der Waals surface area contributed by atoms with Crippen LogP contribution in [0, 0.1) is 0 Å². The van der Waals surface area contributed by atoms with Crippen LogP contribution in [0.4, 0.5) is 5.13 Å². The van der Waals surface area contributed by atoms with Crippen LogP contribution in [0.1, 0.15) is 26.2 Å². The number of nitrogens with one attached hydrogen (secondary N) is 1. The van der Waals surface area contributed by atoms with Crippen LogP contribution < -0.4 is 10.9 Å². The first-order valence-electron chi connectivity index (χ1n) is 5.93. The Bertz CT molecular complexity index is 589. The Morgan fingerprint density at radius 3 is 3.22 bits per heavy atom. The number of allylic oxidation sites excluding steroid dienone is 1. The van der Waals surface area contributed by atoms with Gasteiger partial charge in [-0.1, -0.05) is 17.4 Å². The Labute approximate surface area is 109 Å². The fourth-order valence-corrected chi connectivity index (χ4v) is 2.54. The van der Waals surface area contributed by atoms with Crippen LogP contribution in [0.3, 0.4) is 0 Å². The van der Waals surface area contributed by atoms with Gasteiger partial charge in [-0.05, 0) is 26.2 Å². The van der Waals surface area contributed by atoms with E-state index in [0.29, 0.717) is 11.0 Å². The van der Waals surface area contributed by atoms with E-state index in [-0.39, 0.29) is 5.56 Å². The molecule has 0 fully saturated rings. The van der Waals surface area contributed by atoms with Gasteiger partial charge in [0.25, 0.3) is 5.56 Å². The van der Waals surface area contributed by atoms with Crippen LogP contribution in [0.25, 0.3) is 4.96 Å². The van der Waals surface area contributed by atoms with E-state index >= 15 is 0 Å². The summed E-state index contributed by atoms with van der Waals surface area (Å²) in [5.41, 5.74) is -0.149. The molecule has 0 radical (unpaired) electrons. The molecule has 1 atom stereocenters. The second-order valence-electron chi connectivity index (χ2n) is 4.15. The Morgan fingerprint density at radius 2 is 2.50 bits per heavy atom. The minimum absolute atomic E-state index is 0.149. The van der Waals surface area contributed by atoms with Crippen molar-refractivity contribution < 1.29 is 0 Å². The summed E-state index contributed by atoms with van der Waals surface area (Å²) in [6, 6.07) is 1.73. The van der Waals surface area contributed by atoms with Crippen LogP contribution in [0.2, 0.25) is 0 Å². The van der Waals surface area contributed by atoms with Crippen LogP contribution in [0.15, 0.2) is 29.7 Å². The molecule has 2 aromatic heterocycles. The Morgan fingerprint density at radius 1 is 1.67 bits per heavy atom. The van der Waals surface area contributed by atoms with E-state index in [1.807, 2.05) is 6.08 Å². The van der Waals surface area contributed by atoms with Crippen molar-refractivity contribution in [1.82, 2.24) is 14.6 Å². The number of hydrogen-bond donors (Lipinski definition) is 1. The Hall–Kier alpha value is -1.69. The highest BCUT2D eigenvalue weighted by atomic mass is 32.1. The third-order valence-corrected chi connectivity index (χ3v) is 3.44. The monoisotopic (exact) mass is 264 g/mol. The molecule has 5 nitrogen and oxygen atoms in total. The molecule has 1 unspecified atom stereocenters. The van der Waals surface area contributed by atoms with E-state index in [4.69, 9.17) is 0 Å². The van der Waals surface area contributed by atoms with Gasteiger partial charge < -0.3 is 5.32 Å². The van der Waals surface area contributed by atoms with Crippen molar-refractivity contribution in [3.8, 4) is 0 Å². The molecule has 2 aromatic rings. The lowest BCUT2D eigenvalue weighted by molar-refractivity contribution is 0.661. The lowest BCUT2D eigenvalue weighted by atomic mass is 10.1. The molecule has 18 heavy (non-hydrogen) atoms. The molecule has 2 heterocycles. The fourth-order valence-electron chi connectivity index (χ4n) is 1.65. The topological polar surface area (TPSA) is 59.3 Å². The summed E-state index contributed by atoms with van der Waals surface area (Å²) < 4.78 is 1.32. The molecule has 0 saturated heterocycles. The predicted molar refractivity (Wildman–Crippen MR) is 74.3 cm³/mol. The summed E-state index contributed by atoms with van der Waals surface area (Å²) in [5.74, 6) is 0. The van der Waals surface area contributed by atoms with Crippen LogP contribution in [-0.4, -0.2) is 20.6 Å². The lowest BCUT2D eigenvalue weighted by Crippen LogP contribution is -2.16. The van der Waals surface area contributed by atoms with Gasteiger partial charge in [0.1, 0.15) is 0 Å². The number of aromatic nitrogens is 3. The Kier molecular flexibility index (Phi) is 4.09. The third-order valence-electron chi connectivity index (χ3n) is 2.59. The largest absolute Gasteiger partial charge is 0.358 e. The number of fused-ring (bicyclic) bond motifs is 1. The summed E-state index contributed by atoms with van der Waals surface area (Å²) in [6.07, 6.45) is 6.60. The van der Waals surface area contributed by atoms with Gasteiger partial charge in [0.2, 0.25) is 10.1 Å². The average Bonchev–Trinajstić information content (AvgIpc) is 2.73. The first-order valence-corrected chi connectivity index (χ1v) is 6.74. The number of anilines is 1. The molecule has 0 aliphatic heterocycles. The van der Waals surface area contributed by atoms with Crippen LogP contribution >= 0.6 is 11.3 Å². The van der Waals surface area contributed by atoms with E-state index in [9.17, 15) is 4.79 Å². The molecule has 0 spiro atoms. The van der Waals surface area contributed by atoms with E-state index < -0.39 is 0 Å². The standard InChI is InChI=1S/C12H16N4OS/c1-3-4-5-6-9(2)14-11-15-16-10(17)7-8-13-12(16)18-11/h3,7-9H,1,4-6H2,2H3,(H,14,15). The van der Waals surface area contributed by atoms with Gasteiger partial charge in [0, 0.05) is 18.3 Å². The molecule has 0 aromatic carbocycles. The third kappa shape index (κ3) is 2.95. The fraction of sp³-hybridized carbons (Fsp3) is 0.417. The maximum atomic E-state index is 11.5. The lowest BCUT2D eigenvalue weighted by Gasteiger charge is -2.10. The predicted octanol–water partition coefficient (Wildman–Crippen LogP) is 2.31. The normalized spacial score (nSPS) is 12.5. The first-order chi connectivity index (χ1) is 8.70. The highest BCUT2D eigenvalue weighted by molar-refractivity contribution is 7.20. The average molecular weight is 264 g/mol. The molecule has 6 heteroatoms. The van der Waals surface area contributed by atoms with Gasteiger partial charge >= 0.3 is 0 Å². The highest BCUT2D eigenvalue weighted by Crippen LogP contribution is 2.17. The molecule has 0 saturated carbocycles. The molecule has 0 bridgehead atoms. The summed E-state index contributed by atoms with van der Waals surface area (Å²) in [6.45, 7) is 5.81. The van der Waals surface area contributed by atoms with Gasteiger partial charge in [-0.2, -0.15) is 4.52 Å². The maximum Gasteiger partial charge on any atom is 0.275 e. The van der Waals surface area contributed by atoms with E-state index in [1.54, 1.807) is 0 Å². The molecule has 1 N–H and O–H groups in total. The molecular weight excluding hydrogens is 248 g/mol. The van der Waals surface area contributed by atoms with E-state index in [2.05, 4.69) is 28.9 Å². The zero-order valence-corrected chi connectivity index (χ0v) is 11.1. The summed E-state index contributed by atoms with van der Waals surface area (Å²) >= 11 is 1.39. The summed E-state index contributed by atoms with van der Waals surface area (Å²) in [5, 5.41) is 8.23. The minimum Gasteiger partial charge on any atom is -0.358 e. The summed E-state index contributed by atoms with van der Waals surface area (Å²) in [7, 11) is 0. The smallest absolute Gasteiger partial charge is 0.275 e. The van der Waals surface area contributed by atoms with Gasteiger partial charge in [0.05, 0.1) is 0 Å². The number of nitrogens with zero attached hydrogens (tertiary/aromatic N) is 3. The molecule has 2 rings (SSSR count). The molecule has 96 valence electrons. The number of hydrogen-bond acceptors (Lipinski definition) is 5. The second kappa shape index (κ2) is 5.77.